The zero-order valence-electron chi connectivity index (χ0n) is 19.1. The molecule has 0 amide bonds. The van der Waals surface area contributed by atoms with Crippen LogP contribution in [0.2, 0.25) is 0 Å². The molecule has 1 aliphatic rings. The summed E-state index contributed by atoms with van der Waals surface area (Å²) >= 11 is 0. The molecule has 2 aromatic heterocycles. The fourth-order valence-electron chi connectivity index (χ4n) is 3.70. The Morgan fingerprint density at radius 2 is 2.10 bits per heavy atom. The Bertz CT molecular complexity index is 855. The molecule has 170 valence electrons. The zero-order valence-corrected chi connectivity index (χ0v) is 19.1. The van der Waals surface area contributed by atoms with Crippen LogP contribution in [0.4, 0.5) is 0 Å². The second-order valence-electron chi connectivity index (χ2n) is 8.73. The van der Waals surface area contributed by atoms with Crippen LogP contribution in [0.1, 0.15) is 57.6 Å². The van der Waals surface area contributed by atoms with Gasteiger partial charge < -0.3 is 20.5 Å². The van der Waals surface area contributed by atoms with Crippen LogP contribution in [0.25, 0.3) is 0 Å². The topological polar surface area (TPSA) is 96.6 Å². The molecule has 1 unspecified atom stereocenters. The maximum absolute atomic E-state index is 10.8. The molecule has 31 heavy (non-hydrogen) atoms. The molecule has 1 fully saturated rings. The SMILES string of the molecule is CCNC(=NCc1ccnc(OC2CCC(C)CC2)c1)NCC(C)(O)c1cnn(C)c1. The largest absolute Gasteiger partial charge is 0.474 e. The molecule has 1 atom stereocenters. The van der Waals surface area contributed by atoms with E-state index in [9.17, 15) is 5.11 Å². The molecule has 8 heteroatoms. The van der Waals surface area contributed by atoms with Gasteiger partial charge in [-0.05, 0) is 57.1 Å². The highest BCUT2D eigenvalue weighted by atomic mass is 16.5. The summed E-state index contributed by atoms with van der Waals surface area (Å²) < 4.78 is 7.79. The van der Waals surface area contributed by atoms with Gasteiger partial charge in [0.1, 0.15) is 11.7 Å². The predicted molar refractivity (Wildman–Crippen MR) is 122 cm³/mol. The van der Waals surface area contributed by atoms with Crippen molar-refractivity contribution < 1.29 is 9.84 Å². The zero-order chi connectivity index (χ0) is 22.3. The van der Waals surface area contributed by atoms with E-state index in [1.54, 1.807) is 24.0 Å². The van der Waals surface area contributed by atoms with Gasteiger partial charge in [0.25, 0.3) is 0 Å². The maximum Gasteiger partial charge on any atom is 0.213 e. The maximum atomic E-state index is 10.8. The third-order valence-electron chi connectivity index (χ3n) is 5.74. The Kier molecular flexibility index (Phi) is 7.90. The average molecular weight is 429 g/mol. The first kappa shape index (κ1) is 23.1. The molecule has 1 aliphatic carbocycles. The number of ether oxygens (including phenoxy) is 1. The summed E-state index contributed by atoms with van der Waals surface area (Å²) in [5.41, 5.74) is 0.733. The highest BCUT2D eigenvalue weighted by molar-refractivity contribution is 5.79. The van der Waals surface area contributed by atoms with Crippen molar-refractivity contribution in [1.29, 1.82) is 0 Å². The van der Waals surface area contributed by atoms with Crippen LogP contribution in [-0.4, -0.2) is 45.0 Å². The summed E-state index contributed by atoms with van der Waals surface area (Å²) in [7, 11) is 1.83. The molecule has 0 saturated heterocycles. The van der Waals surface area contributed by atoms with Gasteiger partial charge in [0.15, 0.2) is 5.96 Å². The van der Waals surface area contributed by atoms with Crippen molar-refractivity contribution in [2.75, 3.05) is 13.1 Å². The standard InChI is InChI=1S/C23H36N6O2/c1-5-24-22(27-16-23(3,30)19-14-28-29(4)15-19)26-13-18-10-11-25-21(12-18)31-20-8-6-17(2)7-9-20/h10-12,14-15,17,20,30H,5-9,13,16H2,1-4H3,(H2,24,26,27). The molecule has 2 aromatic rings. The second-order valence-corrected chi connectivity index (χ2v) is 8.73. The van der Waals surface area contributed by atoms with E-state index >= 15 is 0 Å². The van der Waals surface area contributed by atoms with Gasteiger partial charge in [-0.25, -0.2) is 9.98 Å². The summed E-state index contributed by atoms with van der Waals surface area (Å²) in [6.45, 7) is 7.62. The minimum atomic E-state index is -1.06. The minimum Gasteiger partial charge on any atom is -0.474 e. The number of aromatic nitrogens is 3. The smallest absolute Gasteiger partial charge is 0.213 e. The van der Waals surface area contributed by atoms with E-state index in [0.29, 0.717) is 24.9 Å². The first-order valence-electron chi connectivity index (χ1n) is 11.2. The number of aliphatic hydroxyl groups is 1. The number of nitrogens with one attached hydrogen (secondary N) is 2. The van der Waals surface area contributed by atoms with Gasteiger partial charge in [-0.3, -0.25) is 4.68 Å². The van der Waals surface area contributed by atoms with Crippen LogP contribution in [0, 0.1) is 5.92 Å². The van der Waals surface area contributed by atoms with Gasteiger partial charge in [0.2, 0.25) is 5.88 Å². The predicted octanol–water partition coefficient (Wildman–Crippen LogP) is 2.74. The third-order valence-corrected chi connectivity index (χ3v) is 5.74. The average Bonchev–Trinajstić information content (AvgIpc) is 3.19. The molecule has 8 nitrogen and oxygen atoms in total. The fraction of sp³-hybridized carbons (Fsp3) is 0.609. The van der Waals surface area contributed by atoms with Gasteiger partial charge in [0, 0.05) is 37.6 Å². The number of guanidine groups is 1. The van der Waals surface area contributed by atoms with Crippen LogP contribution in [0.3, 0.4) is 0 Å². The lowest BCUT2D eigenvalue weighted by Gasteiger charge is -2.26. The number of hydrogen-bond donors (Lipinski definition) is 3. The Labute approximate surface area is 185 Å². The Balaban J connectivity index is 1.58. The van der Waals surface area contributed by atoms with E-state index < -0.39 is 5.60 Å². The van der Waals surface area contributed by atoms with Crippen LogP contribution in [0.5, 0.6) is 5.88 Å². The lowest BCUT2D eigenvalue weighted by Crippen LogP contribution is -2.44. The molecule has 2 heterocycles. The summed E-state index contributed by atoms with van der Waals surface area (Å²) in [6.07, 6.45) is 10.2. The van der Waals surface area contributed by atoms with E-state index in [1.165, 1.54) is 12.8 Å². The molecule has 0 bridgehead atoms. The molecular weight excluding hydrogens is 392 g/mol. The second kappa shape index (κ2) is 10.6. The summed E-state index contributed by atoms with van der Waals surface area (Å²) in [5, 5.41) is 21.4. The Morgan fingerprint density at radius 1 is 1.32 bits per heavy atom. The molecular formula is C23H36N6O2. The first-order chi connectivity index (χ1) is 14.9. The lowest BCUT2D eigenvalue weighted by molar-refractivity contribution is 0.0616. The van der Waals surface area contributed by atoms with Crippen LogP contribution in [0.15, 0.2) is 35.7 Å². The van der Waals surface area contributed by atoms with Crippen LogP contribution in [-0.2, 0) is 19.2 Å². The highest BCUT2D eigenvalue weighted by Gasteiger charge is 2.25. The molecule has 0 aliphatic heterocycles. The van der Waals surface area contributed by atoms with Gasteiger partial charge in [-0.2, -0.15) is 5.10 Å². The van der Waals surface area contributed by atoms with Crippen molar-refractivity contribution in [3.05, 3.63) is 41.9 Å². The van der Waals surface area contributed by atoms with Crippen molar-refractivity contribution in [2.45, 2.75) is 64.7 Å². The summed E-state index contributed by atoms with van der Waals surface area (Å²) in [4.78, 5) is 9.04. The van der Waals surface area contributed by atoms with Gasteiger partial charge in [-0.1, -0.05) is 6.92 Å². The minimum absolute atomic E-state index is 0.260. The monoisotopic (exact) mass is 428 g/mol. The van der Waals surface area contributed by atoms with E-state index in [4.69, 9.17) is 4.74 Å². The van der Waals surface area contributed by atoms with E-state index in [-0.39, 0.29) is 6.10 Å². The first-order valence-corrected chi connectivity index (χ1v) is 11.2. The normalized spacial score (nSPS) is 21.4. The Hall–Kier alpha value is -2.61. The highest BCUT2D eigenvalue weighted by Crippen LogP contribution is 2.26. The van der Waals surface area contributed by atoms with E-state index in [0.717, 1.165) is 36.4 Å². The molecule has 0 spiro atoms. The molecule has 1 saturated carbocycles. The van der Waals surface area contributed by atoms with E-state index in [1.807, 2.05) is 32.3 Å². The van der Waals surface area contributed by atoms with Crippen LogP contribution < -0.4 is 15.4 Å². The molecule has 0 radical (unpaired) electrons. The Morgan fingerprint density at radius 3 is 2.77 bits per heavy atom. The van der Waals surface area contributed by atoms with Gasteiger partial charge in [0.05, 0.1) is 19.3 Å². The van der Waals surface area contributed by atoms with Crippen molar-refractivity contribution >= 4 is 5.96 Å². The van der Waals surface area contributed by atoms with Gasteiger partial charge in [-0.15, -0.1) is 0 Å². The number of aliphatic imine (C=N–C) groups is 1. The molecule has 0 aromatic carbocycles. The number of rotatable bonds is 8. The third kappa shape index (κ3) is 6.95. The van der Waals surface area contributed by atoms with Crippen molar-refractivity contribution in [1.82, 2.24) is 25.4 Å². The van der Waals surface area contributed by atoms with Crippen LogP contribution >= 0.6 is 0 Å². The summed E-state index contributed by atoms with van der Waals surface area (Å²) in [5.74, 6) is 2.11. The number of pyridine rings is 1. The van der Waals surface area contributed by atoms with Crippen molar-refractivity contribution in [3.8, 4) is 5.88 Å². The summed E-state index contributed by atoms with van der Waals surface area (Å²) in [6, 6.07) is 3.92. The van der Waals surface area contributed by atoms with Gasteiger partial charge >= 0.3 is 0 Å². The van der Waals surface area contributed by atoms with Crippen molar-refractivity contribution in [3.63, 3.8) is 0 Å². The number of nitrogens with zero attached hydrogens (tertiary/aromatic N) is 4. The number of aryl methyl sites for hydroxylation is 1. The fourth-order valence-corrected chi connectivity index (χ4v) is 3.70. The number of hydrogen-bond acceptors (Lipinski definition) is 5. The lowest BCUT2D eigenvalue weighted by atomic mass is 9.89. The quantitative estimate of drug-likeness (QED) is 0.442. The van der Waals surface area contributed by atoms with E-state index in [2.05, 4.69) is 32.6 Å². The molecule has 3 rings (SSSR count). The van der Waals surface area contributed by atoms with Crippen molar-refractivity contribution in [2.24, 2.45) is 18.0 Å². The molecule has 3 N–H and O–H groups in total.